The first-order chi connectivity index (χ1) is 20.0. The predicted molar refractivity (Wildman–Crippen MR) is 147 cm³/mol. The highest BCUT2D eigenvalue weighted by Crippen LogP contribution is 2.30. The molecule has 0 unspecified atom stereocenters. The Balaban J connectivity index is 1.58. The molecule has 0 spiro atoms. The number of benzene rings is 2. The highest BCUT2D eigenvalue weighted by molar-refractivity contribution is 6.06. The lowest BCUT2D eigenvalue weighted by atomic mass is 10.2. The number of carbonyl (C=O) groups excluding carboxylic acids is 2. The Morgan fingerprint density at radius 2 is 1.71 bits per heavy atom. The summed E-state index contributed by atoms with van der Waals surface area (Å²) in [6.45, 7) is 6.65. The molecule has 0 radical (unpaired) electrons. The molecule has 0 bridgehead atoms. The molecule has 13 heteroatoms. The highest BCUT2D eigenvalue weighted by Gasteiger charge is 2.22. The standard InChI is InChI=1S/C29H23F3N4O6/c1-4-40-23-10-12-36(18-7-5-17(30)6-8-18)28(38)26(23)27(37)34-22-14-21(32)24(15-20(22)31)42-19-9-11-33-25(13-19)35-29(39)41-16(2)3/h5-15H,2,4H2,1,3H3,(H,34,37)(H,33,35,39). The molecular weight excluding hydrogens is 557 g/mol. The van der Waals surface area contributed by atoms with Crippen LogP contribution in [0.5, 0.6) is 17.2 Å². The number of nitrogens with zero attached hydrogens (tertiary/aromatic N) is 2. The van der Waals surface area contributed by atoms with Crippen LogP contribution >= 0.6 is 0 Å². The SMILES string of the molecule is C=C(C)OC(=O)Nc1cc(Oc2cc(F)c(NC(=O)c3c(OCC)ccn(-c4ccc(F)cc4)c3=O)cc2F)ccn1. The zero-order valence-electron chi connectivity index (χ0n) is 22.2. The third-order valence-electron chi connectivity index (χ3n) is 5.41. The monoisotopic (exact) mass is 580 g/mol. The number of allylic oxidation sites excluding steroid dienone is 1. The molecule has 0 atom stereocenters. The molecule has 4 aromatic rings. The van der Waals surface area contributed by atoms with Crippen molar-refractivity contribution in [3.05, 3.63) is 113 Å². The van der Waals surface area contributed by atoms with E-state index >= 15 is 4.39 Å². The topological polar surface area (TPSA) is 121 Å². The average molecular weight is 581 g/mol. The van der Waals surface area contributed by atoms with Crippen LogP contribution in [0, 0.1) is 17.5 Å². The van der Waals surface area contributed by atoms with Crippen molar-refractivity contribution in [1.82, 2.24) is 9.55 Å². The molecule has 2 aromatic heterocycles. The summed E-state index contributed by atoms with van der Waals surface area (Å²) in [5, 5.41) is 4.51. The first-order valence-corrected chi connectivity index (χ1v) is 12.3. The summed E-state index contributed by atoms with van der Waals surface area (Å²) in [5.74, 6) is -4.21. The summed E-state index contributed by atoms with van der Waals surface area (Å²) in [6, 6.07) is 10.2. The molecule has 2 heterocycles. The lowest BCUT2D eigenvalue weighted by Crippen LogP contribution is -2.29. The number of carbonyl (C=O) groups is 2. The Kier molecular flexibility index (Phi) is 8.90. The smallest absolute Gasteiger partial charge is 0.417 e. The highest BCUT2D eigenvalue weighted by atomic mass is 19.1. The van der Waals surface area contributed by atoms with E-state index in [0.717, 1.165) is 16.7 Å². The number of ether oxygens (including phenoxy) is 3. The molecule has 4 rings (SSSR count). The van der Waals surface area contributed by atoms with Gasteiger partial charge in [-0.15, -0.1) is 0 Å². The second-order valence-electron chi connectivity index (χ2n) is 8.55. The summed E-state index contributed by atoms with van der Waals surface area (Å²) in [4.78, 5) is 42.0. The van der Waals surface area contributed by atoms with Crippen molar-refractivity contribution in [2.75, 3.05) is 17.2 Å². The molecule has 0 saturated heterocycles. The summed E-state index contributed by atoms with van der Waals surface area (Å²) in [5.41, 5.74) is -1.63. The Morgan fingerprint density at radius 1 is 0.976 bits per heavy atom. The molecule has 0 aliphatic rings. The predicted octanol–water partition coefficient (Wildman–Crippen LogP) is 6.18. The number of aromatic nitrogens is 2. The molecule has 2 amide bonds. The van der Waals surface area contributed by atoms with Crippen molar-refractivity contribution in [2.24, 2.45) is 0 Å². The van der Waals surface area contributed by atoms with Crippen molar-refractivity contribution < 1.29 is 37.0 Å². The van der Waals surface area contributed by atoms with Gasteiger partial charge in [-0.05, 0) is 50.2 Å². The van der Waals surface area contributed by atoms with E-state index in [1.165, 1.54) is 49.6 Å². The molecule has 0 aliphatic carbocycles. The second kappa shape index (κ2) is 12.7. The van der Waals surface area contributed by atoms with Crippen LogP contribution in [0.1, 0.15) is 24.2 Å². The lowest BCUT2D eigenvalue weighted by Gasteiger charge is -2.14. The zero-order chi connectivity index (χ0) is 30.4. The first-order valence-electron chi connectivity index (χ1n) is 12.3. The Hall–Kier alpha value is -5.59. The summed E-state index contributed by atoms with van der Waals surface area (Å²) < 4.78 is 60.0. The fraction of sp³-hybridized carbons (Fsp3) is 0.103. The van der Waals surface area contributed by atoms with Crippen LogP contribution in [0.4, 0.5) is 29.5 Å². The van der Waals surface area contributed by atoms with Gasteiger partial charge in [0.15, 0.2) is 17.4 Å². The van der Waals surface area contributed by atoms with E-state index in [-0.39, 0.29) is 35.4 Å². The van der Waals surface area contributed by atoms with Crippen LogP contribution in [-0.2, 0) is 4.74 Å². The quantitative estimate of drug-likeness (QED) is 0.227. The third kappa shape index (κ3) is 6.94. The molecule has 0 saturated carbocycles. The summed E-state index contributed by atoms with van der Waals surface area (Å²) in [7, 11) is 0. The number of anilines is 2. The largest absolute Gasteiger partial charge is 0.493 e. The van der Waals surface area contributed by atoms with Gasteiger partial charge < -0.3 is 19.5 Å². The van der Waals surface area contributed by atoms with Crippen molar-refractivity contribution >= 4 is 23.5 Å². The van der Waals surface area contributed by atoms with Gasteiger partial charge in [0.25, 0.3) is 11.5 Å². The summed E-state index contributed by atoms with van der Waals surface area (Å²) >= 11 is 0. The van der Waals surface area contributed by atoms with Gasteiger partial charge in [-0.25, -0.2) is 22.9 Å². The van der Waals surface area contributed by atoms with Gasteiger partial charge in [-0.2, -0.15) is 0 Å². The fourth-order valence-corrected chi connectivity index (χ4v) is 3.65. The van der Waals surface area contributed by atoms with Crippen LogP contribution < -0.4 is 25.7 Å². The minimum Gasteiger partial charge on any atom is -0.493 e. The zero-order valence-corrected chi connectivity index (χ0v) is 22.2. The van der Waals surface area contributed by atoms with Gasteiger partial charge in [0.2, 0.25) is 0 Å². The molecular formula is C29H23F3N4O6. The molecule has 0 aliphatic heterocycles. The van der Waals surface area contributed by atoms with E-state index in [1.807, 2.05) is 0 Å². The molecule has 216 valence electrons. The van der Waals surface area contributed by atoms with E-state index in [1.54, 1.807) is 6.92 Å². The van der Waals surface area contributed by atoms with Gasteiger partial charge in [-0.3, -0.25) is 19.5 Å². The van der Waals surface area contributed by atoms with Crippen LogP contribution in [0.15, 0.2) is 84.1 Å². The average Bonchev–Trinajstić information content (AvgIpc) is 2.92. The number of hydrogen-bond donors (Lipinski definition) is 2. The Labute approximate surface area is 237 Å². The first kappa shape index (κ1) is 29.4. The molecule has 42 heavy (non-hydrogen) atoms. The van der Waals surface area contributed by atoms with Crippen molar-refractivity contribution in [1.29, 1.82) is 0 Å². The summed E-state index contributed by atoms with van der Waals surface area (Å²) in [6.07, 6.45) is 1.73. The Bertz CT molecular complexity index is 1720. The van der Waals surface area contributed by atoms with Crippen LogP contribution in [0.25, 0.3) is 5.69 Å². The van der Waals surface area contributed by atoms with Gasteiger partial charge >= 0.3 is 6.09 Å². The molecule has 2 aromatic carbocycles. The van der Waals surface area contributed by atoms with Crippen LogP contribution in [0.3, 0.4) is 0 Å². The van der Waals surface area contributed by atoms with Gasteiger partial charge in [-0.1, -0.05) is 6.58 Å². The number of nitrogens with one attached hydrogen (secondary N) is 2. The number of hydrogen-bond acceptors (Lipinski definition) is 7. The van der Waals surface area contributed by atoms with Crippen molar-refractivity contribution in [3.8, 4) is 22.9 Å². The second-order valence-corrected chi connectivity index (χ2v) is 8.55. The third-order valence-corrected chi connectivity index (χ3v) is 5.41. The van der Waals surface area contributed by atoms with Crippen molar-refractivity contribution in [2.45, 2.75) is 13.8 Å². The minimum atomic E-state index is -1.08. The molecule has 10 nitrogen and oxygen atoms in total. The van der Waals surface area contributed by atoms with E-state index in [0.29, 0.717) is 12.1 Å². The van der Waals surface area contributed by atoms with Gasteiger partial charge in [0.05, 0.1) is 18.1 Å². The minimum absolute atomic E-state index is 0.00213. The Morgan fingerprint density at radius 3 is 2.40 bits per heavy atom. The lowest BCUT2D eigenvalue weighted by molar-refractivity contribution is 0.102. The van der Waals surface area contributed by atoms with Gasteiger partial charge in [0.1, 0.15) is 28.7 Å². The maximum Gasteiger partial charge on any atom is 0.417 e. The number of amides is 2. The van der Waals surface area contributed by atoms with E-state index < -0.39 is 52.0 Å². The van der Waals surface area contributed by atoms with E-state index in [4.69, 9.17) is 14.2 Å². The van der Waals surface area contributed by atoms with E-state index in [9.17, 15) is 23.2 Å². The maximum atomic E-state index is 15.0. The number of halogens is 3. The number of pyridine rings is 2. The number of rotatable bonds is 9. The van der Waals surface area contributed by atoms with Crippen molar-refractivity contribution in [3.63, 3.8) is 0 Å². The fourth-order valence-electron chi connectivity index (χ4n) is 3.65. The normalized spacial score (nSPS) is 10.5. The van der Waals surface area contributed by atoms with Crippen LogP contribution in [0.2, 0.25) is 0 Å². The van der Waals surface area contributed by atoms with Crippen LogP contribution in [-0.4, -0.2) is 28.2 Å². The molecule has 0 fully saturated rings. The van der Waals surface area contributed by atoms with Gasteiger partial charge in [0, 0.05) is 36.3 Å². The van der Waals surface area contributed by atoms with E-state index in [2.05, 4.69) is 22.2 Å². The molecule has 2 N–H and O–H groups in total. The maximum absolute atomic E-state index is 15.0.